The third-order valence-corrected chi connectivity index (χ3v) is 3.37. The van der Waals surface area contributed by atoms with E-state index in [9.17, 15) is 9.59 Å². The van der Waals surface area contributed by atoms with Crippen LogP contribution in [0.5, 0.6) is 0 Å². The highest BCUT2D eigenvalue weighted by molar-refractivity contribution is 6.52. The normalized spacial score (nSPS) is 21.5. The molecule has 0 amide bonds. The summed E-state index contributed by atoms with van der Waals surface area (Å²) in [5.74, 6) is -0.314. The van der Waals surface area contributed by atoms with Crippen LogP contribution in [0.25, 0.3) is 5.76 Å². The van der Waals surface area contributed by atoms with Gasteiger partial charge in [-0.1, -0.05) is 30.8 Å². The molecule has 1 aromatic rings. The first-order valence-corrected chi connectivity index (χ1v) is 5.83. The van der Waals surface area contributed by atoms with E-state index in [4.69, 9.17) is 4.74 Å². The molecule has 0 saturated heterocycles. The van der Waals surface area contributed by atoms with Crippen molar-refractivity contribution in [2.45, 2.75) is 19.4 Å². The zero-order valence-corrected chi connectivity index (χ0v) is 10.0. The van der Waals surface area contributed by atoms with E-state index in [1.54, 1.807) is 12.1 Å². The topological polar surface area (TPSA) is 43.4 Å². The fourth-order valence-corrected chi connectivity index (χ4v) is 2.37. The molecule has 0 bridgehead atoms. The summed E-state index contributed by atoms with van der Waals surface area (Å²) in [4.78, 5) is 24.0. The second kappa shape index (κ2) is 3.67. The number of hydrogen-bond donors (Lipinski definition) is 0. The zero-order chi connectivity index (χ0) is 12.9. The molecular weight excluding hydrogens is 228 g/mol. The van der Waals surface area contributed by atoms with Crippen LogP contribution in [0.3, 0.4) is 0 Å². The van der Waals surface area contributed by atoms with Crippen molar-refractivity contribution in [3.63, 3.8) is 0 Å². The molecule has 0 fully saturated rings. The number of fused-ring (bicyclic) bond motifs is 2. The van der Waals surface area contributed by atoms with Crippen molar-refractivity contribution in [2.24, 2.45) is 0 Å². The maximum Gasteiger partial charge on any atom is 0.234 e. The second-order valence-corrected chi connectivity index (χ2v) is 4.67. The van der Waals surface area contributed by atoms with Crippen molar-refractivity contribution < 1.29 is 14.3 Å². The summed E-state index contributed by atoms with van der Waals surface area (Å²) in [6.07, 6.45) is 0.252. The molecule has 3 rings (SSSR count). The summed E-state index contributed by atoms with van der Waals surface area (Å²) in [5.41, 5.74) is 2.51. The van der Waals surface area contributed by atoms with Crippen LogP contribution in [0.1, 0.15) is 29.3 Å². The fourth-order valence-electron chi connectivity index (χ4n) is 2.37. The van der Waals surface area contributed by atoms with Gasteiger partial charge < -0.3 is 4.74 Å². The van der Waals surface area contributed by atoms with E-state index in [-0.39, 0.29) is 6.10 Å². The minimum atomic E-state index is -0.438. The molecular formula is C15H12O3. The van der Waals surface area contributed by atoms with Gasteiger partial charge in [-0.3, -0.25) is 9.59 Å². The Labute approximate surface area is 105 Å². The van der Waals surface area contributed by atoms with Crippen molar-refractivity contribution in [3.8, 4) is 0 Å². The number of carbonyl (C=O) groups is 2. The lowest BCUT2D eigenvalue weighted by atomic mass is 9.87. The fraction of sp³-hybridized carbons (Fsp3) is 0.200. The minimum absolute atomic E-state index is 0.196. The highest BCUT2D eigenvalue weighted by Gasteiger charge is 2.39. The summed E-state index contributed by atoms with van der Waals surface area (Å²) in [5, 5.41) is 0. The number of benzene rings is 1. The zero-order valence-electron chi connectivity index (χ0n) is 10.0. The number of rotatable bonds is 1. The van der Waals surface area contributed by atoms with Crippen LogP contribution in [-0.4, -0.2) is 17.7 Å². The van der Waals surface area contributed by atoms with E-state index < -0.39 is 11.6 Å². The van der Waals surface area contributed by atoms with Crippen LogP contribution >= 0.6 is 0 Å². The van der Waals surface area contributed by atoms with Crippen LogP contribution in [-0.2, 0) is 9.53 Å². The second-order valence-electron chi connectivity index (χ2n) is 4.67. The molecule has 1 aliphatic carbocycles. The molecule has 0 radical (unpaired) electrons. The summed E-state index contributed by atoms with van der Waals surface area (Å²) in [6.45, 7) is 5.71. The van der Waals surface area contributed by atoms with Gasteiger partial charge in [-0.05, 0) is 12.5 Å². The van der Waals surface area contributed by atoms with Gasteiger partial charge >= 0.3 is 0 Å². The van der Waals surface area contributed by atoms with Crippen LogP contribution in [0, 0.1) is 0 Å². The first-order chi connectivity index (χ1) is 8.59. The standard InChI is InChI=1S/C15H12O3/c1-8(2)12-7-11-14(17)13(16)9-5-3-4-6-10(9)15(11)18-12/h3-6,12H,1,7H2,2H3/t12-/m0/s1. The van der Waals surface area contributed by atoms with E-state index in [2.05, 4.69) is 6.58 Å². The van der Waals surface area contributed by atoms with E-state index in [1.165, 1.54) is 0 Å². The average Bonchev–Trinajstić information content (AvgIpc) is 2.81. The van der Waals surface area contributed by atoms with Gasteiger partial charge in [0.2, 0.25) is 11.6 Å². The van der Waals surface area contributed by atoms with Gasteiger partial charge in [-0.2, -0.15) is 0 Å². The predicted octanol–water partition coefficient (Wildman–Crippen LogP) is 2.53. The van der Waals surface area contributed by atoms with Crippen LogP contribution in [0.15, 0.2) is 42.0 Å². The lowest BCUT2D eigenvalue weighted by molar-refractivity contribution is -0.111. The van der Waals surface area contributed by atoms with Crippen molar-refractivity contribution in [2.75, 3.05) is 0 Å². The lowest BCUT2D eigenvalue weighted by Crippen LogP contribution is -2.22. The molecule has 1 aromatic carbocycles. The Morgan fingerprint density at radius 2 is 1.89 bits per heavy atom. The molecule has 1 heterocycles. The van der Waals surface area contributed by atoms with Gasteiger partial charge in [-0.15, -0.1) is 0 Å². The van der Waals surface area contributed by atoms with Gasteiger partial charge in [0.05, 0.1) is 5.57 Å². The maximum atomic E-state index is 12.0. The number of Topliss-reactive ketones (excluding diaryl/α,β-unsaturated/α-hetero) is 2. The number of carbonyl (C=O) groups excluding carboxylic acids is 2. The van der Waals surface area contributed by atoms with Crippen molar-refractivity contribution in [3.05, 3.63) is 53.1 Å². The van der Waals surface area contributed by atoms with Crippen LogP contribution in [0.4, 0.5) is 0 Å². The third-order valence-electron chi connectivity index (χ3n) is 3.37. The minimum Gasteiger partial charge on any atom is -0.485 e. The predicted molar refractivity (Wildman–Crippen MR) is 67.0 cm³/mol. The Morgan fingerprint density at radius 1 is 1.22 bits per heavy atom. The molecule has 3 nitrogen and oxygen atoms in total. The van der Waals surface area contributed by atoms with Crippen molar-refractivity contribution in [1.82, 2.24) is 0 Å². The third kappa shape index (κ3) is 1.37. The highest BCUT2D eigenvalue weighted by atomic mass is 16.5. The molecule has 2 aliphatic rings. The van der Waals surface area contributed by atoms with E-state index in [1.807, 2.05) is 19.1 Å². The molecule has 0 spiro atoms. The monoisotopic (exact) mass is 240 g/mol. The van der Waals surface area contributed by atoms with Gasteiger partial charge in [0, 0.05) is 17.5 Å². The molecule has 90 valence electrons. The van der Waals surface area contributed by atoms with E-state index in [0.717, 1.165) is 11.1 Å². The summed E-state index contributed by atoms with van der Waals surface area (Å²) in [7, 11) is 0. The Balaban J connectivity index is 2.15. The lowest BCUT2D eigenvalue weighted by Gasteiger charge is -2.16. The molecule has 18 heavy (non-hydrogen) atoms. The Hall–Kier alpha value is -2.16. The van der Waals surface area contributed by atoms with Gasteiger partial charge in [0.25, 0.3) is 0 Å². The first-order valence-electron chi connectivity index (χ1n) is 5.83. The maximum absolute atomic E-state index is 12.0. The molecule has 1 atom stereocenters. The van der Waals surface area contributed by atoms with E-state index >= 15 is 0 Å². The van der Waals surface area contributed by atoms with Gasteiger partial charge in [-0.25, -0.2) is 0 Å². The Kier molecular flexibility index (Phi) is 2.23. The summed E-state index contributed by atoms with van der Waals surface area (Å²) in [6, 6.07) is 7.07. The summed E-state index contributed by atoms with van der Waals surface area (Å²) >= 11 is 0. The molecule has 0 saturated carbocycles. The van der Waals surface area contributed by atoms with Crippen molar-refractivity contribution >= 4 is 17.3 Å². The molecule has 0 unspecified atom stereocenters. The largest absolute Gasteiger partial charge is 0.485 e. The Bertz CT molecular complexity index is 622. The molecule has 3 heteroatoms. The van der Waals surface area contributed by atoms with Crippen LogP contribution < -0.4 is 0 Å². The smallest absolute Gasteiger partial charge is 0.234 e. The van der Waals surface area contributed by atoms with Gasteiger partial charge in [0.1, 0.15) is 11.9 Å². The van der Waals surface area contributed by atoms with Gasteiger partial charge in [0.15, 0.2) is 0 Å². The number of hydrogen-bond acceptors (Lipinski definition) is 3. The SMILES string of the molecule is C=C(C)[C@@H]1CC2=C(O1)c1ccccc1C(=O)C2=O. The molecule has 1 aliphatic heterocycles. The molecule has 0 N–H and O–H groups in total. The number of ketones is 2. The molecule has 0 aromatic heterocycles. The van der Waals surface area contributed by atoms with Crippen LogP contribution in [0.2, 0.25) is 0 Å². The Morgan fingerprint density at radius 3 is 2.56 bits per heavy atom. The number of ether oxygens (including phenoxy) is 1. The highest BCUT2D eigenvalue weighted by Crippen LogP contribution is 2.40. The first kappa shape index (κ1) is 11.0. The van der Waals surface area contributed by atoms with Crippen molar-refractivity contribution in [1.29, 1.82) is 0 Å². The average molecular weight is 240 g/mol. The summed E-state index contributed by atoms with van der Waals surface area (Å²) < 4.78 is 5.78. The quantitative estimate of drug-likeness (QED) is 0.559. The van der Waals surface area contributed by atoms with E-state index in [0.29, 0.717) is 23.3 Å².